The van der Waals surface area contributed by atoms with Crippen LogP contribution >= 0.6 is 0 Å². The molecule has 0 fully saturated rings. The SMILES string of the molecule is [2H]c1c([2H])c([2H])c2c(-c3cccc4c3-c3ccccc3C4(C)C)c3c([2H])c([2H])c([2H])c([2H])c3c(-c3ccc4oc5ccccc5c4c3)c2c1[2H]. The van der Waals surface area contributed by atoms with E-state index in [9.17, 15) is 5.48 Å². The monoisotopic (exact) mass is 544 g/mol. The highest BCUT2D eigenvalue weighted by molar-refractivity contribution is 6.23. The second kappa shape index (κ2) is 8.44. The van der Waals surface area contributed by atoms with Gasteiger partial charge in [-0.1, -0.05) is 129 Å². The largest absolute Gasteiger partial charge is 0.456 e. The average molecular weight is 545 g/mol. The van der Waals surface area contributed by atoms with E-state index in [-0.39, 0.29) is 51.1 Å². The van der Waals surface area contributed by atoms with E-state index < -0.39 is 24.2 Å². The number of benzene rings is 7. The molecule has 1 aliphatic carbocycles. The first-order valence-corrected chi connectivity index (χ1v) is 14.0. The van der Waals surface area contributed by atoms with Gasteiger partial charge in [0.05, 0.1) is 11.0 Å². The van der Waals surface area contributed by atoms with E-state index in [1.165, 1.54) is 0 Å². The molecule has 0 spiro atoms. The first-order valence-electron chi connectivity index (χ1n) is 18.0. The summed E-state index contributed by atoms with van der Waals surface area (Å²) in [5.74, 6) is 0. The summed E-state index contributed by atoms with van der Waals surface area (Å²) in [7, 11) is 0. The summed E-state index contributed by atoms with van der Waals surface area (Å²) >= 11 is 0. The van der Waals surface area contributed by atoms with E-state index in [0.717, 1.165) is 33.0 Å². The molecule has 42 heavy (non-hydrogen) atoms. The average Bonchev–Trinajstić information content (AvgIpc) is 3.61. The Hall–Kier alpha value is -5.14. The van der Waals surface area contributed by atoms with Crippen LogP contribution in [0.3, 0.4) is 0 Å². The van der Waals surface area contributed by atoms with Crippen LogP contribution in [0.1, 0.15) is 35.9 Å². The molecule has 7 aromatic carbocycles. The maximum atomic E-state index is 9.41. The Kier molecular flexibility index (Phi) is 3.41. The molecule has 0 aliphatic heterocycles. The van der Waals surface area contributed by atoms with Crippen LogP contribution in [0.15, 0.2) is 138 Å². The minimum Gasteiger partial charge on any atom is -0.456 e. The number of furan rings is 1. The Labute approximate surface area is 255 Å². The molecule has 1 aliphatic rings. The first-order chi connectivity index (χ1) is 23.9. The molecule has 1 heterocycles. The van der Waals surface area contributed by atoms with Gasteiger partial charge in [0.2, 0.25) is 0 Å². The predicted octanol–water partition coefficient (Wildman–Crippen LogP) is 11.5. The number of hydrogen-bond donors (Lipinski definition) is 0. The maximum Gasteiger partial charge on any atom is 0.135 e. The summed E-state index contributed by atoms with van der Waals surface area (Å²) < 4.78 is 78.9. The second-order valence-corrected chi connectivity index (χ2v) is 11.5. The third-order valence-electron chi connectivity index (χ3n) is 8.92. The quantitative estimate of drug-likeness (QED) is 0.197. The molecule has 0 unspecified atom stereocenters. The van der Waals surface area contributed by atoms with Crippen molar-refractivity contribution in [2.24, 2.45) is 0 Å². The van der Waals surface area contributed by atoms with Crippen LogP contribution in [-0.4, -0.2) is 0 Å². The van der Waals surface area contributed by atoms with Crippen molar-refractivity contribution in [2.45, 2.75) is 19.3 Å². The second-order valence-electron chi connectivity index (χ2n) is 11.5. The lowest BCUT2D eigenvalue weighted by molar-refractivity contribution is 0.660. The molecule has 1 aromatic heterocycles. The van der Waals surface area contributed by atoms with E-state index in [1.807, 2.05) is 60.7 Å². The van der Waals surface area contributed by atoms with E-state index in [1.54, 1.807) is 12.1 Å². The zero-order chi connectivity index (χ0) is 35.0. The molecule has 0 bridgehead atoms. The van der Waals surface area contributed by atoms with Crippen molar-refractivity contribution in [1.29, 1.82) is 0 Å². The summed E-state index contributed by atoms with van der Waals surface area (Å²) in [5, 5.41) is 2.44. The van der Waals surface area contributed by atoms with Gasteiger partial charge in [0.1, 0.15) is 11.2 Å². The van der Waals surface area contributed by atoms with Crippen molar-refractivity contribution in [3.05, 3.63) is 144 Å². The number of hydrogen-bond acceptors (Lipinski definition) is 1. The van der Waals surface area contributed by atoms with Crippen LogP contribution in [0.25, 0.3) is 76.9 Å². The highest BCUT2D eigenvalue weighted by atomic mass is 16.3. The van der Waals surface area contributed by atoms with E-state index in [0.29, 0.717) is 33.4 Å². The highest BCUT2D eigenvalue weighted by Crippen LogP contribution is 2.54. The predicted molar refractivity (Wildman–Crippen MR) is 177 cm³/mol. The summed E-state index contributed by atoms with van der Waals surface area (Å²) in [6, 6.07) is 24.3. The molecule has 0 saturated heterocycles. The maximum absolute atomic E-state index is 9.41. The van der Waals surface area contributed by atoms with Gasteiger partial charge in [0.25, 0.3) is 0 Å². The Bertz CT molecular complexity index is 2750. The Morgan fingerprint density at radius 1 is 0.500 bits per heavy atom. The van der Waals surface area contributed by atoms with Gasteiger partial charge in [-0.25, -0.2) is 0 Å². The van der Waals surface area contributed by atoms with Crippen LogP contribution < -0.4 is 0 Å². The molecule has 0 radical (unpaired) electrons. The lowest BCUT2D eigenvalue weighted by Crippen LogP contribution is -2.14. The Morgan fingerprint density at radius 2 is 1.10 bits per heavy atom. The fraction of sp³-hybridized carbons (Fsp3) is 0.0732. The zero-order valence-electron chi connectivity index (χ0n) is 31.0. The van der Waals surface area contributed by atoms with Crippen molar-refractivity contribution in [3.63, 3.8) is 0 Å². The Balaban J connectivity index is 1.56. The lowest BCUT2D eigenvalue weighted by atomic mass is 9.80. The van der Waals surface area contributed by atoms with Gasteiger partial charge in [-0.3, -0.25) is 0 Å². The van der Waals surface area contributed by atoms with Gasteiger partial charge in [-0.05, 0) is 84.3 Å². The van der Waals surface area contributed by atoms with E-state index in [2.05, 4.69) is 26.0 Å². The molecule has 0 amide bonds. The minimum atomic E-state index is -0.422. The number of fused-ring (bicyclic) bond motifs is 8. The van der Waals surface area contributed by atoms with Crippen molar-refractivity contribution >= 4 is 43.5 Å². The van der Waals surface area contributed by atoms with Gasteiger partial charge in [-0.2, -0.15) is 0 Å². The zero-order valence-corrected chi connectivity index (χ0v) is 23.0. The van der Waals surface area contributed by atoms with E-state index in [4.69, 9.17) is 9.90 Å². The number of rotatable bonds is 2. The van der Waals surface area contributed by atoms with Gasteiger partial charge >= 0.3 is 0 Å². The summed E-state index contributed by atoms with van der Waals surface area (Å²) in [6.45, 7) is 4.29. The van der Waals surface area contributed by atoms with Crippen LogP contribution in [0.5, 0.6) is 0 Å². The van der Waals surface area contributed by atoms with Gasteiger partial charge in [0.15, 0.2) is 0 Å². The molecule has 8 aromatic rings. The van der Waals surface area contributed by atoms with Crippen molar-refractivity contribution in [1.82, 2.24) is 0 Å². The normalized spacial score (nSPS) is 16.3. The summed E-state index contributed by atoms with van der Waals surface area (Å²) in [5.41, 5.74) is 6.81. The molecular formula is C41H28O. The first kappa shape index (κ1) is 17.0. The molecular weight excluding hydrogens is 508 g/mol. The lowest BCUT2D eigenvalue weighted by Gasteiger charge is -2.22. The van der Waals surface area contributed by atoms with Crippen LogP contribution in [0, 0.1) is 0 Å². The van der Waals surface area contributed by atoms with Crippen LogP contribution in [-0.2, 0) is 5.41 Å². The van der Waals surface area contributed by atoms with Crippen molar-refractivity contribution in [3.8, 4) is 33.4 Å². The summed E-state index contributed by atoms with van der Waals surface area (Å²) in [4.78, 5) is 0. The smallest absolute Gasteiger partial charge is 0.135 e. The van der Waals surface area contributed by atoms with Gasteiger partial charge in [-0.15, -0.1) is 0 Å². The van der Waals surface area contributed by atoms with Crippen molar-refractivity contribution < 1.29 is 15.4 Å². The fourth-order valence-electron chi connectivity index (χ4n) is 7.03. The van der Waals surface area contributed by atoms with Gasteiger partial charge < -0.3 is 4.42 Å². The minimum absolute atomic E-state index is 0.193. The molecule has 0 atom stereocenters. The van der Waals surface area contributed by atoms with Crippen LogP contribution in [0.4, 0.5) is 0 Å². The molecule has 1 nitrogen and oxygen atoms in total. The summed E-state index contributed by atoms with van der Waals surface area (Å²) in [6.07, 6.45) is 0. The van der Waals surface area contributed by atoms with Gasteiger partial charge in [0, 0.05) is 16.2 Å². The van der Waals surface area contributed by atoms with Crippen LogP contribution in [0.2, 0.25) is 0 Å². The molecule has 198 valence electrons. The highest BCUT2D eigenvalue weighted by Gasteiger charge is 2.37. The third-order valence-corrected chi connectivity index (χ3v) is 8.92. The topological polar surface area (TPSA) is 13.1 Å². The fourth-order valence-corrected chi connectivity index (χ4v) is 7.03. The molecule has 1 heteroatoms. The Morgan fingerprint density at radius 3 is 1.86 bits per heavy atom. The molecule has 0 saturated carbocycles. The number of para-hydroxylation sites is 1. The molecule has 0 N–H and O–H groups in total. The standard InChI is InChI=1S/C41H28O/c1-41(2)34-19-9-7-17-31(34)40-32(18-11-20-35(40)41)39-29-15-5-3-13-27(29)38(28-14-4-6-16-30(28)39)25-22-23-37-33(24-25)26-12-8-10-21-36(26)42-37/h3-24H,1-2H3/i3D,4D,5D,6D,13D,14D,15D,16D. The van der Waals surface area contributed by atoms with E-state index >= 15 is 0 Å². The van der Waals surface area contributed by atoms with Crippen molar-refractivity contribution in [2.75, 3.05) is 0 Å². The molecule has 9 rings (SSSR count). The third kappa shape index (κ3) is 3.08.